The second-order valence-electron chi connectivity index (χ2n) is 4.24. The van der Waals surface area contributed by atoms with Crippen LogP contribution in [-0.2, 0) is 13.2 Å². The molecule has 0 spiro atoms. The summed E-state index contributed by atoms with van der Waals surface area (Å²) in [6, 6.07) is 10.5. The van der Waals surface area contributed by atoms with Crippen molar-refractivity contribution < 1.29 is 5.11 Å². The molecule has 0 amide bonds. The van der Waals surface area contributed by atoms with Crippen molar-refractivity contribution in [3.8, 4) is 0 Å². The van der Waals surface area contributed by atoms with E-state index in [2.05, 4.69) is 45.7 Å². The molecule has 0 aliphatic rings. The molecular formula is C14H16BrNOS. The molecule has 1 unspecified atom stereocenters. The molecule has 0 aliphatic heterocycles. The number of hydrogen-bond acceptors (Lipinski definition) is 3. The first kappa shape index (κ1) is 13.7. The smallest absolute Gasteiger partial charge is 0.0681 e. The van der Waals surface area contributed by atoms with Gasteiger partial charge in [0.25, 0.3) is 0 Å². The summed E-state index contributed by atoms with van der Waals surface area (Å²) in [6.45, 7) is 3.10. The zero-order chi connectivity index (χ0) is 13.0. The molecule has 4 heteroatoms. The Labute approximate surface area is 120 Å². The van der Waals surface area contributed by atoms with Crippen LogP contribution in [0.3, 0.4) is 0 Å². The van der Waals surface area contributed by atoms with Crippen LogP contribution in [0.4, 0.5) is 0 Å². The van der Waals surface area contributed by atoms with E-state index in [0.717, 1.165) is 16.6 Å². The number of aliphatic hydroxyl groups is 1. The molecule has 0 aliphatic carbocycles. The van der Waals surface area contributed by atoms with E-state index in [4.69, 9.17) is 5.11 Å². The van der Waals surface area contributed by atoms with E-state index in [9.17, 15) is 0 Å². The quantitative estimate of drug-likeness (QED) is 0.875. The molecular weight excluding hydrogens is 310 g/mol. The third kappa shape index (κ3) is 3.65. The Balaban J connectivity index is 1.96. The summed E-state index contributed by atoms with van der Waals surface area (Å²) in [5.74, 6) is 0. The van der Waals surface area contributed by atoms with Gasteiger partial charge in [-0.1, -0.05) is 24.3 Å². The lowest BCUT2D eigenvalue weighted by Crippen LogP contribution is -2.17. The summed E-state index contributed by atoms with van der Waals surface area (Å²) in [7, 11) is 0. The number of rotatable bonds is 5. The summed E-state index contributed by atoms with van der Waals surface area (Å²) in [6.07, 6.45) is 0. The Bertz CT molecular complexity index is 512. The maximum absolute atomic E-state index is 9.13. The molecule has 0 radical (unpaired) electrons. The van der Waals surface area contributed by atoms with Crippen molar-refractivity contribution in [2.45, 2.75) is 26.1 Å². The summed E-state index contributed by atoms with van der Waals surface area (Å²) < 4.78 is 1.14. The maximum Gasteiger partial charge on any atom is 0.0681 e. The van der Waals surface area contributed by atoms with Crippen molar-refractivity contribution in [1.29, 1.82) is 0 Å². The van der Waals surface area contributed by atoms with E-state index in [0.29, 0.717) is 0 Å². The Morgan fingerprint density at radius 2 is 2.22 bits per heavy atom. The first-order valence-corrected chi connectivity index (χ1v) is 7.52. The minimum atomic E-state index is 0.0957. The van der Waals surface area contributed by atoms with Crippen LogP contribution in [0.25, 0.3) is 0 Å². The van der Waals surface area contributed by atoms with Gasteiger partial charge in [0.05, 0.1) is 6.61 Å². The molecule has 1 heterocycles. The highest BCUT2D eigenvalue weighted by Gasteiger charge is 2.06. The van der Waals surface area contributed by atoms with Gasteiger partial charge in [-0.3, -0.25) is 0 Å². The summed E-state index contributed by atoms with van der Waals surface area (Å²) >= 11 is 5.20. The molecule has 0 fully saturated rings. The second-order valence-corrected chi connectivity index (χ2v) is 6.15. The minimum absolute atomic E-state index is 0.0957. The third-order valence-corrected chi connectivity index (χ3v) is 4.54. The molecule has 1 aromatic heterocycles. The van der Waals surface area contributed by atoms with Gasteiger partial charge in [-0.25, -0.2) is 0 Å². The van der Waals surface area contributed by atoms with Crippen molar-refractivity contribution in [3.63, 3.8) is 0 Å². The average Bonchev–Trinajstić information content (AvgIpc) is 2.82. The Morgan fingerprint density at radius 3 is 2.89 bits per heavy atom. The monoisotopic (exact) mass is 325 g/mol. The van der Waals surface area contributed by atoms with Crippen LogP contribution in [-0.4, -0.2) is 5.11 Å². The van der Waals surface area contributed by atoms with Gasteiger partial charge in [0.2, 0.25) is 0 Å². The lowest BCUT2D eigenvalue weighted by Gasteiger charge is -2.14. The lowest BCUT2D eigenvalue weighted by molar-refractivity contribution is 0.281. The minimum Gasteiger partial charge on any atom is -0.392 e. The van der Waals surface area contributed by atoms with Crippen LogP contribution in [0.1, 0.15) is 29.0 Å². The van der Waals surface area contributed by atoms with Crippen LogP contribution < -0.4 is 5.32 Å². The SMILES string of the molecule is CC(NCc1cc(Br)cs1)c1cccc(CO)c1. The molecule has 0 bridgehead atoms. The average molecular weight is 326 g/mol. The molecule has 2 N–H and O–H groups in total. The fraction of sp³-hybridized carbons (Fsp3) is 0.286. The van der Waals surface area contributed by atoms with E-state index >= 15 is 0 Å². The first-order chi connectivity index (χ1) is 8.69. The van der Waals surface area contributed by atoms with E-state index in [1.165, 1.54) is 10.4 Å². The highest BCUT2D eigenvalue weighted by atomic mass is 79.9. The van der Waals surface area contributed by atoms with Crippen LogP contribution in [0, 0.1) is 0 Å². The number of hydrogen-bond donors (Lipinski definition) is 2. The van der Waals surface area contributed by atoms with Crippen LogP contribution in [0.15, 0.2) is 40.2 Å². The van der Waals surface area contributed by atoms with Crippen molar-refractivity contribution in [2.75, 3.05) is 0 Å². The van der Waals surface area contributed by atoms with Crippen LogP contribution in [0.5, 0.6) is 0 Å². The van der Waals surface area contributed by atoms with Crippen molar-refractivity contribution in [2.24, 2.45) is 0 Å². The predicted octanol–water partition coefficient (Wildman–Crippen LogP) is 3.85. The van der Waals surface area contributed by atoms with Gasteiger partial charge in [-0.05, 0) is 40.0 Å². The van der Waals surface area contributed by atoms with Crippen molar-refractivity contribution in [1.82, 2.24) is 5.32 Å². The molecule has 18 heavy (non-hydrogen) atoms. The van der Waals surface area contributed by atoms with Crippen molar-refractivity contribution in [3.05, 3.63) is 56.2 Å². The van der Waals surface area contributed by atoms with E-state index in [-0.39, 0.29) is 12.6 Å². The van der Waals surface area contributed by atoms with Gasteiger partial charge in [0, 0.05) is 27.3 Å². The van der Waals surface area contributed by atoms with Gasteiger partial charge in [0.15, 0.2) is 0 Å². The molecule has 0 saturated heterocycles. The Morgan fingerprint density at radius 1 is 1.39 bits per heavy atom. The van der Waals surface area contributed by atoms with Crippen LogP contribution in [0.2, 0.25) is 0 Å². The Kier molecular flexibility index (Phi) is 4.95. The highest BCUT2D eigenvalue weighted by Crippen LogP contribution is 2.21. The molecule has 2 nitrogen and oxygen atoms in total. The fourth-order valence-corrected chi connectivity index (χ4v) is 3.18. The van der Waals surface area contributed by atoms with E-state index in [1.54, 1.807) is 11.3 Å². The van der Waals surface area contributed by atoms with Gasteiger partial charge in [0.1, 0.15) is 0 Å². The Hall–Kier alpha value is -0.680. The number of thiophene rings is 1. The first-order valence-electron chi connectivity index (χ1n) is 5.85. The fourth-order valence-electron chi connectivity index (χ4n) is 1.78. The van der Waals surface area contributed by atoms with Crippen LogP contribution >= 0.6 is 27.3 Å². The predicted molar refractivity (Wildman–Crippen MR) is 79.6 cm³/mol. The number of aliphatic hydroxyl groups excluding tert-OH is 1. The zero-order valence-corrected chi connectivity index (χ0v) is 12.6. The van der Waals surface area contributed by atoms with E-state index in [1.807, 2.05) is 18.2 Å². The molecule has 1 aromatic carbocycles. The molecule has 0 saturated carbocycles. The maximum atomic E-state index is 9.13. The van der Waals surface area contributed by atoms with Crippen molar-refractivity contribution >= 4 is 27.3 Å². The lowest BCUT2D eigenvalue weighted by atomic mass is 10.1. The second kappa shape index (κ2) is 6.48. The topological polar surface area (TPSA) is 32.3 Å². The van der Waals surface area contributed by atoms with Gasteiger partial charge in [-0.15, -0.1) is 11.3 Å². The zero-order valence-electron chi connectivity index (χ0n) is 10.2. The van der Waals surface area contributed by atoms with Gasteiger partial charge in [-0.2, -0.15) is 0 Å². The van der Waals surface area contributed by atoms with E-state index < -0.39 is 0 Å². The normalized spacial score (nSPS) is 12.6. The van der Waals surface area contributed by atoms with Gasteiger partial charge < -0.3 is 10.4 Å². The highest BCUT2D eigenvalue weighted by molar-refractivity contribution is 9.10. The largest absolute Gasteiger partial charge is 0.392 e. The molecule has 1 atom stereocenters. The molecule has 96 valence electrons. The number of benzene rings is 1. The third-order valence-electron chi connectivity index (χ3n) is 2.84. The number of nitrogens with one attached hydrogen (secondary N) is 1. The molecule has 2 aromatic rings. The number of halogens is 1. The summed E-state index contributed by atoms with van der Waals surface area (Å²) in [5.41, 5.74) is 2.16. The molecule has 2 rings (SSSR count). The summed E-state index contributed by atoms with van der Waals surface area (Å²) in [4.78, 5) is 1.31. The standard InChI is InChI=1S/C14H16BrNOS/c1-10(12-4-2-3-11(5-12)8-17)16-7-14-6-13(15)9-18-14/h2-6,9-10,16-17H,7-8H2,1H3. The summed E-state index contributed by atoms with van der Waals surface area (Å²) in [5, 5.41) is 14.7. The van der Waals surface area contributed by atoms with Gasteiger partial charge >= 0.3 is 0 Å².